The second-order valence-electron chi connectivity index (χ2n) is 5.66. The molecule has 27 heavy (non-hydrogen) atoms. The van der Waals surface area contributed by atoms with E-state index < -0.39 is 10.8 Å². The van der Waals surface area contributed by atoms with Gasteiger partial charge >= 0.3 is 0 Å². The Kier molecular flexibility index (Phi) is 7.81. The highest BCUT2D eigenvalue weighted by atomic mass is 32.2. The first kappa shape index (κ1) is 20.9. The summed E-state index contributed by atoms with van der Waals surface area (Å²) in [5, 5.41) is 2.64. The lowest BCUT2D eigenvalue weighted by atomic mass is 10.2. The molecule has 2 aromatic rings. The molecule has 0 bridgehead atoms. The number of aromatic nitrogens is 1. The molecule has 1 heterocycles. The highest BCUT2D eigenvalue weighted by molar-refractivity contribution is 7.84. The molecule has 148 valence electrons. The topological polar surface area (TPSA) is 99.9 Å². The van der Waals surface area contributed by atoms with Gasteiger partial charge in [0.2, 0.25) is 11.8 Å². The lowest BCUT2D eigenvalue weighted by Crippen LogP contribution is -2.31. The van der Waals surface area contributed by atoms with Gasteiger partial charge in [0.1, 0.15) is 11.5 Å². The number of nitrogens with zero attached hydrogens (tertiary/aromatic N) is 1. The zero-order chi connectivity index (χ0) is 19.8. The van der Waals surface area contributed by atoms with Crippen LogP contribution in [0.5, 0.6) is 11.5 Å². The molecule has 0 aliphatic carbocycles. The third kappa shape index (κ3) is 5.80. The number of carbonyl (C=O) groups is 1. The molecule has 0 saturated heterocycles. The molecule has 1 N–H and O–H groups in total. The molecular formula is C18H24N2O6S. The Morgan fingerprint density at radius 2 is 1.96 bits per heavy atom. The fourth-order valence-electron chi connectivity index (χ4n) is 2.35. The predicted molar refractivity (Wildman–Crippen MR) is 101 cm³/mol. The van der Waals surface area contributed by atoms with Crippen molar-refractivity contribution in [2.75, 3.05) is 40.2 Å². The highest BCUT2D eigenvalue weighted by Gasteiger charge is 2.17. The minimum Gasteiger partial charge on any atom is -0.493 e. The van der Waals surface area contributed by atoms with Gasteiger partial charge in [-0.3, -0.25) is 9.00 Å². The monoisotopic (exact) mass is 396 g/mol. The lowest BCUT2D eigenvalue weighted by Gasteiger charge is -2.07. The van der Waals surface area contributed by atoms with Gasteiger partial charge in [-0.25, -0.2) is 4.98 Å². The number of hydrogen-bond donors (Lipinski definition) is 1. The molecule has 1 aromatic heterocycles. The summed E-state index contributed by atoms with van der Waals surface area (Å²) in [6.45, 7) is 2.55. The van der Waals surface area contributed by atoms with Crippen LogP contribution in [-0.2, 0) is 26.1 Å². The van der Waals surface area contributed by atoms with Gasteiger partial charge in [0, 0.05) is 30.0 Å². The number of carbonyl (C=O) groups excluding carboxylic acids is 1. The molecule has 9 heteroatoms. The van der Waals surface area contributed by atoms with Crippen LogP contribution in [0.4, 0.5) is 0 Å². The van der Waals surface area contributed by atoms with Gasteiger partial charge in [-0.2, -0.15) is 0 Å². The van der Waals surface area contributed by atoms with Crippen LogP contribution in [0, 0.1) is 6.92 Å². The summed E-state index contributed by atoms with van der Waals surface area (Å²) in [5.41, 5.74) is 1.27. The van der Waals surface area contributed by atoms with Crippen LogP contribution in [0.15, 0.2) is 22.6 Å². The van der Waals surface area contributed by atoms with E-state index in [9.17, 15) is 9.00 Å². The maximum absolute atomic E-state index is 12.2. The average Bonchev–Trinajstić information content (AvgIpc) is 3.01. The van der Waals surface area contributed by atoms with Crippen molar-refractivity contribution in [2.45, 2.75) is 12.7 Å². The van der Waals surface area contributed by atoms with Crippen molar-refractivity contribution in [2.24, 2.45) is 0 Å². The number of methoxy groups -OCH3 is 3. The van der Waals surface area contributed by atoms with Gasteiger partial charge in [-0.15, -0.1) is 0 Å². The van der Waals surface area contributed by atoms with Gasteiger partial charge in [0.15, 0.2) is 11.5 Å². The second kappa shape index (κ2) is 10.1. The number of benzene rings is 1. The molecule has 0 unspecified atom stereocenters. The van der Waals surface area contributed by atoms with E-state index >= 15 is 0 Å². The minimum atomic E-state index is -1.39. The summed E-state index contributed by atoms with van der Waals surface area (Å²) in [6.07, 6.45) is 0. The molecule has 0 fully saturated rings. The molecule has 0 aliphatic rings. The molecule has 0 spiro atoms. The van der Waals surface area contributed by atoms with Crippen LogP contribution in [-0.4, -0.2) is 55.3 Å². The second-order valence-corrected chi connectivity index (χ2v) is 7.12. The third-order valence-corrected chi connectivity index (χ3v) is 4.92. The summed E-state index contributed by atoms with van der Waals surface area (Å²) < 4.78 is 33.3. The number of aryl methyl sites for hydroxylation is 1. The fourth-order valence-corrected chi connectivity index (χ4v) is 3.42. The normalized spacial score (nSPS) is 11.9. The average molecular weight is 396 g/mol. The van der Waals surface area contributed by atoms with Crippen LogP contribution in [0.1, 0.15) is 11.5 Å². The Bertz CT molecular complexity index is 805. The Hall–Kier alpha value is -2.39. The number of hydrogen-bond acceptors (Lipinski definition) is 7. The Balaban J connectivity index is 2.06. The number of nitrogens with one attached hydrogen (secondary N) is 1. The molecule has 0 radical (unpaired) electrons. The SMILES string of the molecule is COCCNC(=O)C[S@](=O)Cc1nc(-c2ccc(OC)c(OC)c2)oc1C. The zero-order valence-corrected chi connectivity index (χ0v) is 16.7. The first-order valence-electron chi connectivity index (χ1n) is 8.27. The zero-order valence-electron chi connectivity index (χ0n) is 15.9. The summed E-state index contributed by atoms with van der Waals surface area (Å²) in [7, 11) is 3.27. The van der Waals surface area contributed by atoms with Gasteiger partial charge in [-0.05, 0) is 25.1 Å². The number of ether oxygens (including phenoxy) is 3. The molecule has 8 nitrogen and oxygen atoms in total. The third-order valence-electron chi connectivity index (χ3n) is 3.74. The maximum Gasteiger partial charge on any atom is 0.232 e. The van der Waals surface area contributed by atoms with Gasteiger partial charge in [0.05, 0.1) is 32.3 Å². The van der Waals surface area contributed by atoms with Crippen LogP contribution in [0.2, 0.25) is 0 Å². The van der Waals surface area contributed by atoms with Gasteiger partial charge < -0.3 is 23.9 Å². The summed E-state index contributed by atoms with van der Waals surface area (Å²) in [5.74, 6) is 1.88. The maximum atomic E-state index is 12.2. The molecule has 1 atom stereocenters. The van der Waals surface area contributed by atoms with E-state index in [0.717, 1.165) is 0 Å². The van der Waals surface area contributed by atoms with Crippen molar-refractivity contribution >= 4 is 16.7 Å². The van der Waals surface area contributed by atoms with Crippen molar-refractivity contribution in [1.82, 2.24) is 10.3 Å². The van der Waals surface area contributed by atoms with E-state index in [1.165, 1.54) is 0 Å². The van der Waals surface area contributed by atoms with Crippen molar-refractivity contribution < 1.29 is 27.6 Å². The quantitative estimate of drug-likeness (QED) is 0.610. The molecule has 0 aliphatic heterocycles. The van der Waals surface area contributed by atoms with E-state index in [4.69, 9.17) is 18.6 Å². The first-order valence-corrected chi connectivity index (χ1v) is 9.76. The first-order chi connectivity index (χ1) is 13.0. The molecular weight excluding hydrogens is 372 g/mol. The molecule has 1 aromatic carbocycles. The van der Waals surface area contributed by atoms with Crippen molar-refractivity contribution in [3.05, 3.63) is 29.7 Å². The molecule has 2 rings (SSSR count). The number of oxazole rings is 1. The summed E-state index contributed by atoms with van der Waals surface area (Å²) in [6, 6.07) is 5.32. The van der Waals surface area contributed by atoms with Crippen molar-refractivity contribution in [3.63, 3.8) is 0 Å². The highest BCUT2D eigenvalue weighted by Crippen LogP contribution is 2.32. The predicted octanol–water partition coefficient (Wildman–Crippen LogP) is 1.68. The van der Waals surface area contributed by atoms with E-state index in [0.29, 0.717) is 47.6 Å². The van der Waals surface area contributed by atoms with E-state index in [1.807, 2.05) is 0 Å². The Labute approximate surface area is 160 Å². The van der Waals surface area contributed by atoms with E-state index in [2.05, 4.69) is 10.3 Å². The van der Waals surface area contributed by atoms with Crippen LogP contribution in [0.3, 0.4) is 0 Å². The van der Waals surface area contributed by atoms with Gasteiger partial charge in [-0.1, -0.05) is 0 Å². The van der Waals surface area contributed by atoms with Gasteiger partial charge in [0.25, 0.3) is 0 Å². The fraction of sp³-hybridized carbons (Fsp3) is 0.444. The summed E-state index contributed by atoms with van der Waals surface area (Å²) >= 11 is 0. The Morgan fingerprint density at radius 3 is 2.63 bits per heavy atom. The lowest BCUT2D eigenvalue weighted by molar-refractivity contribution is -0.118. The smallest absolute Gasteiger partial charge is 0.232 e. The van der Waals surface area contributed by atoms with Crippen molar-refractivity contribution in [1.29, 1.82) is 0 Å². The van der Waals surface area contributed by atoms with Crippen molar-refractivity contribution in [3.8, 4) is 23.0 Å². The number of amides is 1. The largest absolute Gasteiger partial charge is 0.493 e. The summed E-state index contributed by atoms with van der Waals surface area (Å²) in [4.78, 5) is 16.2. The van der Waals surface area contributed by atoms with Crippen LogP contribution in [0.25, 0.3) is 11.5 Å². The van der Waals surface area contributed by atoms with E-state index in [-0.39, 0.29) is 17.4 Å². The molecule has 0 saturated carbocycles. The standard InChI is InChI=1S/C18H24N2O6S/c1-12-14(10-27(22)11-17(21)19-7-8-23-2)20-18(26-12)13-5-6-15(24-3)16(9-13)25-4/h5-6,9H,7-8,10-11H2,1-4H3,(H,19,21)/t27-/m1/s1. The molecule has 1 amide bonds. The Morgan fingerprint density at radius 1 is 1.22 bits per heavy atom. The minimum absolute atomic E-state index is 0.0955. The van der Waals surface area contributed by atoms with E-state index in [1.54, 1.807) is 46.5 Å². The van der Waals surface area contributed by atoms with Crippen LogP contribution >= 0.6 is 0 Å². The number of rotatable bonds is 10. The van der Waals surface area contributed by atoms with Crippen LogP contribution < -0.4 is 14.8 Å².